The quantitative estimate of drug-likeness (QED) is 0.460. The number of aliphatic hydroxyl groups excluding tert-OH is 4. The monoisotopic (exact) mass is 377 g/mol. The van der Waals surface area contributed by atoms with Gasteiger partial charge in [-0.1, -0.05) is 6.07 Å². The molecule has 8 heteroatoms. The number of fused-ring (bicyclic) bond motifs is 1. The molecule has 0 bridgehead atoms. The van der Waals surface area contributed by atoms with Crippen molar-refractivity contribution in [2.24, 2.45) is 5.92 Å². The number of hydrogen-bond donors (Lipinski definition) is 5. The number of aldehydes is 1. The van der Waals surface area contributed by atoms with E-state index in [2.05, 4.69) is 10.2 Å². The number of benzene rings is 1. The molecular formula is C19H27N3O5. The molecule has 3 aliphatic rings. The molecule has 2 fully saturated rings. The van der Waals surface area contributed by atoms with Crippen LogP contribution in [0.3, 0.4) is 0 Å². The fraction of sp³-hybridized carbons (Fsp3) is 0.632. The van der Waals surface area contributed by atoms with Gasteiger partial charge in [-0.3, -0.25) is 5.32 Å². The molecule has 3 aliphatic heterocycles. The lowest BCUT2D eigenvalue weighted by molar-refractivity contribution is -0.159. The molecule has 0 aromatic heterocycles. The van der Waals surface area contributed by atoms with Crippen LogP contribution in [0.4, 0.5) is 5.69 Å². The molecule has 148 valence electrons. The van der Waals surface area contributed by atoms with E-state index >= 15 is 0 Å². The van der Waals surface area contributed by atoms with Crippen LogP contribution in [0.2, 0.25) is 0 Å². The van der Waals surface area contributed by atoms with Crippen molar-refractivity contribution in [2.45, 2.75) is 56.6 Å². The van der Waals surface area contributed by atoms with Crippen LogP contribution in [0.1, 0.15) is 49.3 Å². The van der Waals surface area contributed by atoms with Gasteiger partial charge in [-0.25, -0.2) is 4.90 Å². The highest BCUT2D eigenvalue weighted by molar-refractivity contribution is 5.57. The molecule has 3 heterocycles. The number of nitrogens with zero attached hydrogens (tertiary/aromatic N) is 2. The van der Waals surface area contributed by atoms with E-state index in [1.54, 1.807) is 0 Å². The summed E-state index contributed by atoms with van der Waals surface area (Å²) < 4.78 is 0. The number of anilines is 1. The summed E-state index contributed by atoms with van der Waals surface area (Å²) in [5, 5.41) is 44.1. The highest BCUT2D eigenvalue weighted by Gasteiger charge is 2.44. The molecule has 1 aromatic rings. The van der Waals surface area contributed by atoms with Crippen LogP contribution < -0.4 is 10.2 Å². The summed E-state index contributed by atoms with van der Waals surface area (Å²) in [6.45, 7) is 1.57. The molecule has 1 aromatic carbocycles. The Bertz CT molecular complexity index is 694. The Morgan fingerprint density at radius 2 is 1.67 bits per heavy atom. The zero-order valence-corrected chi connectivity index (χ0v) is 15.1. The van der Waals surface area contributed by atoms with Crippen molar-refractivity contribution < 1.29 is 25.2 Å². The van der Waals surface area contributed by atoms with Gasteiger partial charge in [0.15, 0.2) is 0 Å². The molecule has 5 atom stereocenters. The zero-order chi connectivity index (χ0) is 19.1. The predicted molar refractivity (Wildman–Crippen MR) is 97.4 cm³/mol. The maximum atomic E-state index is 10.9. The van der Waals surface area contributed by atoms with Crippen LogP contribution in [0.15, 0.2) is 18.2 Å². The van der Waals surface area contributed by atoms with Gasteiger partial charge < -0.3 is 30.1 Å². The fourth-order valence-corrected chi connectivity index (χ4v) is 4.52. The minimum absolute atomic E-state index is 0.120. The minimum Gasteiger partial charge on any atom is -0.379 e. The lowest BCUT2D eigenvalue weighted by Crippen LogP contribution is -2.57. The Balaban J connectivity index is 1.54. The fourth-order valence-electron chi connectivity index (χ4n) is 4.52. The number of rotatable bonds is 3. The first kappa shape index (κ1) is 18.8. The Morgan fingerprint density at radius 3 is 2.33 bits per heavy atom. The lowest BCUT2D eigenvalue weighted by Gasteiger charge is -2.40. The second-order valence-corrected chi connectivity index (χ2v) is 7.74. The van der Waals surface area contributed by atoms with E-state index in [4.69, 9.17) is 0 Å². The van der Waals surface area contributed by atoms with E-state index < -0.39 is 31.0 Å². The summed E-state index contributed by atoms with van der Waals surface area (Å²) in [5.41, 5.74) is 2.23. The first-order valence-corrected chi connectivity index (χ1v) is 9.59. The first-order valence-electron chi connectivity index (χ1n) is 9.59. The predicted octanol–water partition coefficient (Wildman–Crippen LogP) is -0.212. The number of piperidine rings is 2. The normalized spacial score (nSPS) is 35.3. The highest BCUT2D eigenvalue weighted by Crippen LogP contribution is 2.44. The van der Waals surface area contributed by atoms with Crippen LogP contribution in [0.25, 0.3) is 0 Å². The number of aliphatic hydroxyl groups is 4. The third-order valence-corrected chi connectivity index (χ3v) is 6.14. The molecule has 27 heavy (non-hydrogen) atoms. The number of nitrogens with one attached hydrogen (secondary N) is 1. The number of hydrogen-bond acceptors (Lipinski definition) is 8. The topological polar surface area (TPSA) is 117 Å². The summed E-state index contributed by atoms with van der Waals surface area (Å²) in [7, 11) is 0. The lowest BCUT2D eigenvalue weighted by atomic mass is 9.97. The van der Waals surface area contributed by atoms with Gasteiger partial charge in [-0.15, -0.1) is 0 Å². The van der Waals surface area contributed by atoms with E-state index in [0.717, 1.165) is 37.9 Å². The van der Waals surface area contributed by atoms with Gasteiger partial charge in [-0.2, -0.15) is 0 Å². The van der Waals surface area contributed by atoms with Crippen molar-refractivity contribution in [1.29, 1.82) is 0 Å². The average Bonchev–Trinajstić information content (AvgIpc) is 2.92. The van der Waals surface area contributed by atoms with E-state index in [1.165, 1.54) is 4.90 Å². The maximum absolute atomic E-state index is 10.9. The van der Waals surface area contributed by atoms with Crippen molar-refractivity contribution in [3.05, 3.63) is 29.3 Å². The van der Waals surface area contributed by atoms with E-state index in [1.807, 2.05) is 18.2 Å². The minimum atomic E-state index is -1.03. The molecule has 5 N–H and O–H groups in total. The molecule has 0 aliphatic carbocycles. The van der Waals surface area contributed by atoms with Crippen LogP contribution in [0, 0.1) is 5.92 Å². The highest BCUT2D eigenvalue weighted by atomic mass is 16.3. The van der Waals surface area contributed by atoms with E-state index in [0.29, 0.717) is 24.0 Å². The Labute approximate surface area is 158 Å². The zero-order valence-electron chi connectivity index (χ0n) is 15.1. The Morgan fingerprint density at radius 1 is 0.963 bits per heavy atom. The third-order valence-electron chi connectivity index (χ3n) is 6.14. The molecule has 2 saturated heterocycles. The molecule has 0 amide bonds. The van der Waals surface area contributed by atoms with E-state index in [9.17, 15) is 25.2 Å². The molecule has 4 rings (SSSR count). The summed E-state index contributed by atoms with van der Waals surface area (Å²) in [6.07, 6.45) is -0.293. The molecule has 0 radical (unpaired) electrons. The second kappa shape index (κ2) is 7.46. The first-order chi connectivity index (χ1) is 13.0. The standard InChI is InChI=1S/C19H27N3O5/c23-10-11-5-7-21(8-6-11)12-1-2-13-14(9-12)19(27)22(18(13)26)15-3-4-16(24)20-17(15)25/h1-2,9-11,15-20,24-27H,3-8H2. The van der Waals surface area contributed by atoms with E-state index in [-0.39, 0.29) is 5.92 Å². The van der Waals surface area contributed by atoms with Crippen LogP contribution in [-0.2, 0) is 4.79 Å². The Kier molecular flexibility index (Phi) is 5.19. The maximum Gasteiger partial charge on any atom is 0.136 e. The van der Waals surface area contributed by atoms with Gasteiger partial charge in [0.1, 0.15) is 31.2 Å². The van der Waals surface area contributed by atoms with Crippen molar-refractivity contribution in [1.82, 2.24) is 10.2 Å². The SMILES string of the molecule is O=CC1CCN(c2ccc3c(c2)C(O)N(C2CCC(O)NC2O)C3O)CC1. The van der Waals surface area contributed by atoms with Gasteiger partial charge in [0.2, 0.25) is 0 Å². The van der Waals surface area contributed by atoms with Crippen molar-refractivity contribution in [2.75, 3.05) is 18.0 Å². The summed E-state index contributed by atoms with van der Waals surface area (Å²) in [4.78, 5) is 14.6. The van der Waals surface area contributed by atoms with Gasteiger partial charge in [0.25, 0.3) is 0 Å². The van der Waals surface area contributed by atoms with Gasteiger partial charge in [-0.05, 0) is 37.8 Å². The smallest absolute Gasteiger partial charge is 0.136 e. The second-order valence-electron chi connectivity index (χ2n) is 7.74. The van der Waals surface area contributed by atoms with Crippen LogP contribution in [-0.4, -0.2) is 63.2 Å². The largest absolute Gasteiger partial charge is 0.379 e. The molecular weight excluding hydrogens is 350 g/mol. The molecule has 0 spiro atoms. The molecule has 5 unspecified atom stereocenters. The van der Waals surface area contributed by atoms with Gasteiger partial charge in [0, 0.05) is 35.8 Å². The van der Waals surface area contributed by atoms with Gasteiger partial charge in [0.05, 0.1) is 6.04 Å². The summed E-state index contributed by atoms with van der Waals surface area (Å²) in [6, 6.07) is 5.14. The third kappa shape index (κ3) is 3.37. The van der Waals surface area contributed by atoms with Crippen molar-refractivity contribution in [3.8, 4) is 0 Å². The number of carbonyl (C=O) groups is 1. The van der Waals surface area contributed by atoms with Crippen LogP contribution in [0.5, 0.6) is 0 Å². The van der Waals surface area contributed by atoms with Crippen molar-refractivity contribution in [3.63, 3.8) is 0 Å². The number of carbonyl (C=O) groups excluding carboxylic acids is 1. The Hall–Kier alpha value is -1.55. The summed E-state index contributed by atoms with van der Waals surface area (Å²) >= 11 is 0. The molecule has 8 nitrogen and oxygen atoms in total. The summed E-state index contributed by atoms with van der Waals surface area (Å²) in [5.74, 6) is 0.120. The van der Waals surface area contributed by atoms with Crippen molar-refractivity contribution >= 4 is 12.0 Å². The average molecular weight is 377 g/mol. The molecule has 0 saturated carbocycles. The van der Waals surface area contributed by atoms with Gasteiger partial charge >= 0.3 is 0 Å². The van der Waals surface area contributed by atoms with Crippen LogP contribution >= 0.6 is 0 Å².